The lowest BCUT2D eigenvalue weighted by Crippen LogP contribution is -2.59. The maximum Gasteiger partial charge on any atom is 0.274 e. The standard InChI is InChI=1S/C25H33N7O4/c1-25(36-3)11-10-19(25)29-23(34)15-14-27-32-21(26-2)13-20(30-22(15)32)28-16-7-6-12-31(24(16)35)17-8-4-5-9-18(17)33/h6-7,12-14,17-19,26,33H,4-5,8-11H2,1-3H3,(H,28,30)(H,29,34)/t17-,18+,19?,25+/m1/s1. The van der Waals surface area contributed by atoms with Crippen molar-refractivity contribution in [1.82, 2.24) is 24.5 Å². The second-order valence-electron chi connectivity index (χ2n) is 9.83. The lowest BCUT2D eigenvalue weighted by Gasteiger charge is -2.45. The van der Waals surface area contributed by atoms with E-state index in [0.29, 0.717) is 35.0 Å². The first-order chi connectivity index (χ1) is 17.3. The highest BCUT2D eigenvalue weighted by atomic mass is 16.5. The molecule has 0 saturated heterocycles. The minimum absolute atomic E-state index is 0.0899. The van der Waals surface area contributed by atoms with Gasteiger partial charge >= 0.3 is 0 Å². The lowest BCUT2D eigenvalue weighted by molar-refractivity contribution is -0.0828. The highest BCUT2D eigenvalue weighted by Crippen LogP contribution is 2.35. The summed E-state index contributed by atoms with van der Waals surface area (Å²) >= 11 is 0. The molecule has 0 aliphatic heterocycles. The maximum absolute atomic E-state index is 13.3. The molecule has 2 fully saturated rings. The molecule has 3 heterocycles. The number of nitrogens with one attached hydrogen (secondary N) is 3. The zero-order valence-corrected chi connectivity index (χ0v) is 20.8. The number of anilines is 3. The van der Waals surface area contributed by atoms with Crippen molar-refractivity contribution in [3.63, 3.8) is 0 Å². The summed E-state index contributed by atoms with van der Waals surface area (Å²) in [4.78, 5) is 31.0. The molecular weight excluding hydrogens is 462 g/mol. The fraction of sp³-hybridized carbons (Fsp3) is 0.520. The summed E-state index contributed by atoms with van der Waals surface area (Å²) in [7, 11) is 3.40. The van der Waals surface area contributed by atoms with Crippen LogP contribution in [0.2, 0.25) is 0 Å². The number of pyridine rings is 1. The zero-order valence-electron chi connectivity index (χ0n) is 20.8. The Morgan fingerprint density at radius 2 is 2.08 bits per heavy atom. The molecule has 0 bridgehead atoms. The fourth-order valence-electron chi connectivity index (χ4n) is 5.19. The summed E-state index contributed by atoms with van der Waals surface area (Å²) < 4.78 is 8.72. The van der Waals surface area contributed by atoms with Crippen LogP contribution in [-0.2, 0) is 4.74 Å². The molecule has 192 valence electrons. The molecular formula is C25H33N7O4. The number of carbonyl (C=O) groups is 1. The van der Waals surface area contributed by atoms with Gasteiger partial charge in [-0.2, -0.15) is 9.61 Å². The number of aliphatic hydroxyl groups excluding tert-OH is 1. The predicted molar refractivity (Wildman–Crippen MR) is 136 cm³/mol. The van der Waals surface area contributed by atoms with Crippen LogP contribution in [0.25, 0.3) is 5.65 Å². The van der Waals surface area contributed by atoms with Gasteiger partial charge in [-0.15, -0.1) is 0 Å². The summed E-state index contributed by atoms with van der Waals surface area (Å²) in [6, 6.07) is 4.86. The highest BCUT2D eigenvalue weighted by Gasteiger charge is 2.44. The van der Waals surface area contributed by atoms with Crippen LogP contribution < -0.4 is 21.5 Å². The van der Waals surface area contributed by atoms with Gasteiger partial charge in [0, 0.05) is 26.4 Å². The number of amides is 1. The number of aromatic nitrogens is 4. The van der Waals surface area contributed by atoms with Crippen molar-refractivity contribution in [2.24, 2.45) is 0 Å². The third kappa shape index (κ3) is 4.22. The van der Waals surface area contributed by atoms with Crippen LogP contribution >= 0.6 is 0 Å². The molecule has 2 aliphatic carbocycles. The van der Waals surface area contributed by atoms with E-state index >= 15 is 0 Å². The minimum atomic E-state index is -0.541. The van der Waals surface area contributed by atoms with E-state index in [1.807, 2.05) is 6.92 Å². The van der Waals surface area contributed by atoms with Gasteiger partial charge in [-0.05, 0) is 44.7 Å². The average Bonchev–Trinajstić information content (AvgIpc) is 3.31. The predicted octanol–water partition coefficient (Wildman–Crippen LogP) is 2.45. The zero-order chi connectivity index (χ0) is 25.4. The molecule has 0 radical (unpaired) electrons. The van der Waals surface area contributed by atoms with Gasteiger partial charge in [0.25, 0.3) is 11.5 Å². The van der Waals surface area contributed by atoms with Crippen molar-refractivity contribution in [2.75, 3.05) is 24.8 Å². The SMILES string of the molecule is CNc1cc(Nc2cccn([C@@H]3CCCC[C@@H]3O)c2=O)nc2c(C(=O)NC3CC[C@]3(C)OC)cnn12. The third-order valence-corrected chi connectivity index (χ3v) is 7.70. The summed E-state index contributed by atoms with van der Waals surface area (Å²) in [6.07, 6.45) is 7.78. The molecule has 36 heavy (non-hydrogen) atoms. The molecule has 3 aromatic rings. The Labute approximate surface area is 208 Å². The Morgan fingerprint density at radius 3 is 2.78 bits per heavy atom. The summed E-state index contributed by atoms with van der Waals surface area (Å²) in [5.74, 6) is 0.717. The Hall–Kier alpha value is -3.44. The summed E-state index contributed by atoms with van der Waals surface area (Å²) in [5.41, 5.74) is 0.417. The smallest absolute Gasteiger partial charge is 0.274 e. The topological polar surface area (TPSA) is 135 Å². The van der Waals surface area contributed by atoms with Crippen molar-refractivity contribution in [1.29, 1.82) is 0 Å². The van der Waals surface area contributed by atoms with E-state index in [9.17, 15) is 14.7 Å². The number of ether oxygens (including phenoxy) is 1. The number of rotatable bonds is 7. The summed E-state index contributed by atoms with van der Waals surface area (Å²) in [5, 5.41) is 24.0. The molecule has 4 atom stereocenters. The number of carbonyl (C=O) groups excluding carboxylic acids is 1. The molecule has 0 aromatic carbocycles. The van der Waals surface area contributed by atoms with Crippen LogP contribution in [0.1, 0.15) is 61.8 Å². The van der Waals surface area contributed by atoms with Gasteiger partial charge < -0.3 is 30.4 Å². The number of fused-ring (bicyclic) bond motifs is 1. The summed E-state index contributed by atoms with van der Waals surface area (Å²) in [6.45, 7) is 1.98. The minimum Gasteiger partial charge on any atom is -0.391 e. The van der Waals surface area contributed by atoms with Crippen LogP contribution in [0.15, 0.2) is 35.4 Å². The van der Waals surface area contributed by atoms with E-state index in [1.165, 1.54) is 6.20 Å². The first kappa shape index (κ1) is 24.3. The number of hydrogen-bond acceptors (Lipinski definition) is 8. The van der Waals surface area contributed by atoms with Gasteiger partial charge in [-0.3, -0.25) is 9.59 Å². The van der Waals surface area contributed by atoms with Crippen molar-refractivity contribution < 1.29 is 14.6 Å². The van der Waals surface area contributed by atoms with Crippen molar-refractivity contribution >= 4 is 28.9 Å². The normalized spacial score (nSPS) is 25.8. The quantitative estimate of drug-likeness (QED) is 0.393. The van der Waals surface area contributed by atoms with Gasteiger partial charge in [0.2, 0.25) is 0 Å². The molecule has 2 saturated carbocycles. The van der Waals surface area contributed by atoms with E-state index in [2.05, 4.69) is 26.0 Å². The highest BCUT2D eigenvalue weighted by molar-refractivity contribution is 6.00. The number of nitrogens with zero attached hydrogens (tertiary/aromatic N) is 4. The largest absolute Gasteiger partial charge is 0.391 e. The molecule has 11 nitrogen and oxygen atoms in total. The first-order valence-electron chi connectivity index (χ1n) is 12.4. The Bertz CT molecular complexity index is 1330. The van der Waals surface area contributed by atoms with Gasteiger partial charge in [0.1, 0.15) is 22.9 Å². The lowest BCUT2D eigenvalue weighted by atomic mass is 9.76. The van der Waals surface area contributed by atoms with Crippen molar-refractivity contribution in [2.45, 2.75) is 69.2 Å². The monoisotopic (exact) mass is 495 g/mol. The van der Waals surface area contributed by atoms with Crippen LogP contribution in [-0.4, -0.2) is 62.1 Å². The number of hydrogen-bond donors (Lipinski definition) is 4. The molecule has 1 unspecified atom stereocenters. The second-order valence-corrected chi connectivity index (χ2v) is 9.83. The van der Waals surface area contributed by atoms with Crippen LogP contribution in [0.5, 0.6) is 0 Å². The van der Waals surface area contributed by atoms with Crippen molar-refractivity contribution in [3.8, 4) is 0 Å². The molecule has 1 amide bonds. The molecule has 4 N–H and O–H groups in total. The molecule has 3 aromatic heterocycles. The first-order valence-corrected chi connectivity index (χ1v) is 12.4. The van der Waals surface area contributed by atoms with Crippen LogP contribution in [0.3, 0.4) is 0 Å². The van der Waals surface area contributed by atoms with Gasteiger partial charge in [0.05, 0.1) is 30.0 Å². The average molecular weight is 496 g/mol. The molecule has 5 rings (SSSR count). The van der Waals surface area contributed by atoms with E-state index in [-0.39, 0.29) is 29.2 Å². The van der Waals surface area contributed by atoms with Gasteiger partial charge in [-0.1, -0.05) is 12.8 Å². The second kappa shape index (κ2) is 9.55. The van der Waals surface area contributed by atoms with E-state index in [0.717, 1.165) is 32.1 Å². The third-order valence-electron chi connectivity index (χ3n) is 7.70. The molecule has 0 spiro atoms. The number of methoxy groups -OCH3 is 1. The molecule has 2 aliphatic rings. The van der Waals surface area contributed by atoms with E-state index < -0.39 is 6.10 Å². The number of aliphatic hydroxyl groups is 1. The van der Waals surface area contributed by atoms with Gasteiger partial charge in [-0.25, -0.2) is 4.98 Å². The Morgan fingerprint density at radius 1 is 1.28 bits per heavy atom. The van der Waals surface area contributed by atoms with Crippen LogP contribution in [0, 0.1) is 0 Å². The Kier molecular flexibility index (Phi) is 6.44. The Balaban J connectivity index is 1.45. The van der Waals surface area contributed by atoms with E-state index in [1.54, 1.807) is 47.6 Å². The molecule has 11 heteroatoms. The fourth-order valence-corrected chi connectivity index (χ4v) is 5.19. The van der Waals surface area contributed by atoms with E-state index in [4.69, 9.17) is 4.74 Å². The van der Waals surface area contributed by atoms with Gasteiger partial charge in [0.15, 0.2) is 5.65 Å². The maximum atomic E-state index is 13.3. The van der Waals surface area contributed by atoms with Crippen molar-refractivity contribution in [3.05, 3.63) is 46.5 Å². The van der Waals surface area contributed by atoms with Crippen LogP contribution in [0.4, 0.5) is 17.3 Å².